The maximum Gasteiger partial charge on any atom is 0.127 e. The minimum Gasteiger partial charge on any atom is -0.496 e. The number of ether oxygens (including phenoxy) is 1. The van der Waals surface area contributed by atoms with Gasteiger partial charge in [0.15, 0.2) is 0 Å². The van der Waals surface area contributed by atoms with Gasteiger partial charge in [-0.1, -0.05) is 39.8 Å². The third kappa shape index (κ3) is 3.78. The van der Waals surface area contributed by atoms with E-state index in [-0.39, 0.29) is 0 Å². The molecular weight excluding hydrogens is 260 g/mol. The Bertz CT molecular complexity index is 463. The van der Waals surface area contributed by atoms with Crippen LogP contribution in [0.3, 0.4) is 0 Å². The predicted molar refractivity (Wildman–Crippen MR) is 89.3 cm³/mol. The molecule has 0 spiro atoms. The first-order valence-electron chi connectivity index (χ1n) is 8.17. The van der Waals surface area contributed by atoms with Crippen LogP contribution in [0.15, 0.2) is 12.1 Å². The normalized spacial score (nSPS) is 16.7. The maximum atomic E-state index is 5.83. The number of rotatable bonds is 5. The molecule has 0 saturated carbocycles. The Morgan fingerprint density at radius 1 is 1.05 bits per heavy atom. The van der Waals surface area contributed by atoms with Crippen LogP contribution in [0.1, 0.15) is 56.2 Å². The van der Waals surface area contributed by atoms with E-state index in [0.717, 1.165) is 38.5 Å². The van der Waals surface area contributed by atoms with Gasteiger partial charge in [-0.15, -0.1) is 0 Å². The van der Waals surface area contributed by atoms with E-state index < -0.39 is 0 Å². The van der Waals surface area contributed by atoms with Gasteiger partial charge in [0.25, 0.3) is 0 Å². The van der Waals surface area contributed by atoms with Gasteiger partial charge in [0.2, 0.25) is 0 Å². The summed E-state index contributed by atoms with van der Waals surface area (Å²) < 4.78 is 5.83. The van der Waals surface area contributed by atoms with E-state index in [0.29, 0.717) is 11.8 Å². The second-order valence-electron chi connectivity index (χ2n) is 6.59. The smallest absolute Gasteiger partial charge is 0.127 e. The summed E-state index contributed by atoms with van der Waals surface area (Å²) in [6.07, 6.45) is 0. The van der Waals surface area contributed by atoms with E-state index in [4.69, 9.17) is 4.74 Å². The quantitative estimate of drug-likeness (QED) is 0.900. The second kappa shape index (κ2) is 7.28. The zero-order valence-corrected chi connectivity index (χ0v) is 14.2. The van der Waals surface area contributed by atoms with Gasteiger partial charge in [-0.3, -0.25) is 4.90 Å². The van der Waals surface area contributed by atoms with E-state index in [9.17, 15) is 0 Å². The number of nitrogens with zero attached hydrogens (tertiary/aromatic N) is 1. The molecule has 0 amide bonds. The molecule has 0 atom stereocenters. The fourth-order valence-corrected chi connectivity index (χ4v) is 3.15. The molecular formula is C18H30N2O. The number of nitrogens with one attached hydrogen (secondary N) is 1. The minimum absolute atomic E-state index is 0.489. The van der Waals surface area contributed by atoms with Gasteiger partial charge in [-0.2, -0.15) is 0 Å². The number of benzene rings is 1. The molecule has 0 radical (unpaired) electrons. The molecule has 0 aliphatic carbocycles. The van der Waals surface area contributed by atoms with Crippen LogP contribution in [0, 0.1) is 0 Å². The standard InChI is InChI=1S/C18H30N2O/c1-13(2)15-6-7-16(14(3)4)18(21-5)17(15)12-20-10-8-19-9-11-20/h6-7,13-14,19H,8-12H2,1-5H3. The summed E-state index contributed by atoms with van der Waals surface area (Å²) in [6, 6.07) is 4.56. The average molecular weight is 290 g/mol. The van der Waals surface area contributed by atoms with Crippen molar-refractivity contribution in [3.8, 4) is 5.75 Å². The van der Waals surface area contributed by atoms with Crippen molar-refractivity contribution < 1.29 is 4.74 Å². The fourth-order valence-electron chi connectivity index (χ4n) is 3.15. The third-order valence-corrected chi connectivity index (χ3v) is 4.37. The Morgan fingerprint density at radius 2 is 1.62 bits per heavy atom. The molecule has 1 fully saturated rings. The van der Waals surface area contributed by atoms with E-state index in [1.54, 1.807) is 0 Å². The summed E-state index contributed by atoms with van der Waals surface area (Å²) in [6.45, 7) is 14.4. The summed E-state index contributed by atoms with van der Waals surface area (Å²) in [5.41, 5.74) is 4.14. The van der Waals surface area contributed by atoms with Crippen molar-refractivity contribution >= 4 is 0 Å². The largest absolute Gasteiger partial charge is 0.496 e. The first kappa shape index (κ1) is 16.3. The van der Waals surface area contributed by atoms with Crippen molar-refractivity contribution in [2.75, 3.05) is 33.3 Å². The number of methoxy groups -OCH3 is 1. The second-order valence-corrected chi connectivity index (χ2v) is 6.59. The topological polar surface area (TPSA) is 24.5 Å². The molecule has 118 valence electrons. The van der Waals surface area contributed by atoms with Crippen molar-refractivity contribution in [3.05, 3.63) is 28.8 Å². The SMILES string of the molecule is COc1c(C(C)C)ccc(C(C)C)c1CN1CCNCC1. The summed E-state index contributed by atoms with van der Waals surface area (Å²) in [5, 5.41) is 3.42. The summed E-state index contributed by atoms with van der Waals surface area (Å²) in [5.74, 6) is 2.12. The Labute approximate surface area is 129 Å². The predicted octanol–water partition coefficient (Wildman–Crippen LogP) is 3.35. The average Bonchev–Trinajstić information content (AvgIpc) is 2.47. The Balaban J connectivity index is 2.39. The van der Waals surface area contributed by atoms with Gasteiger partial charge in [0, 0.05) is 38.3 Å². The molecule has 1 aromatic carbocycles. The molecule has 0 bridgehead atoms. The lowest BCUT2D eigenvalue weighted by Gasteiger charge is -2.30. The van der Waals surface area contributed by atoms with Crippen LogP contribution in [0.5, 0.6) is 5.75 Å². The molecule has 0 unspecified atom stereocenters. The van der Waals surface area contributed by atoms with Crippen LogP contribution in [0.25, 0.3) is 0 Å². The molecule has 3 heteroatoms. The van der Waals surface area contributed by atoms with Crippen LogP contribution < -0.4 is 10.1 Å². The van der Waals surface area contributed by atoms with Crippen molar-refractivity contribution in [2.45, 2.75) is 46.1 Å². The minimum atomic E-state index is 0.489. The highest BCUT2D eigenvalue weighted by atomic mass is 16.5. The van der Waals surface area contributed by atoms with Crippen LogP contribution in [-0.4, -0.2) is 38.2 Å². The molecule has 2 rings (SSSR count). The monoisotopic (exact) mass is 290 g/mol. The lowest BCUT2D eigenvalue weighted by Crippen LogP contribution is -2.43. The van der Waals surface area contributed by atoms with Crippen molar-refractivity contribution in [1.82, 2.24) is 10.2 Å². The van der Waals surface area contributed by atoms with Crippen LogP contribution >= 0.6 is 0 Å². The van der Waals surface area contributed by atoms with Crippen LogP contribution in [-0.2, 0) is 6.54 Å². The summed E-state index contributed by atoms with van der Waals surface area (Å²) in [7, 11) is 1.81. The first-order chi connectivity index (χ1) is 10.0. The Morgan fingerprint density at radius 3 is 2.14 bits per heavy atom. The van der Waals surface area contributed by atoms with Crippen molar-refractivity contribution in [1.29, 1.82) is 0 Å². The summed E-state index contributed by atoms with van der Waals surface area (Å²) >= 11 is 0. The van der Waals surface area contributed by atoms with E-state index in [1.165, 1.54) is 16.7 Å². The van der Waals surface area contributed by atoms with E-state index >= 15 is 0 Å². The molecule has 1 heterocycles. The highest BCUT2D eigenvalue weighted by molar-refractivity contribution is 5.49. The van der Waals surface area contributed by atoms with Crippen LogP contribution in [0.2, 0.25) is 0 Å². The van der Waals surface area contributed by atoms with Gasteiger partial charge >= 0.3 is 0 Å². The molecule has 1 aliphatic rings. The number of piperazine rings is 1. The highest BCUT2D eigenvalue weighted by Gasteiger charge is 2.20. The van der Waals surface area contributed by atoms with E-state index in [1.807, 2.05) is 7.11 Å². The van der Waals surface area contributed by atoms with Gasteiger partial charge in [0.1, 0.15) is 5.75 Å². The third-order valence-electron chi connectivity index (χ3n) is 4.37. The molecule has 1 aliphatic heterocycles. The van der Waals surface area contributed by atoms with Gasteiger partial charge < -0.3 is 10.1 Å². The van der Waals surface area contributed by atoms with Gasteiger partial charge in [-0.25, -0.2) is 0 Å². The molecule has 3 nitrogen and oxygen atoms in total. The Kier molecular flexibility index (Phi) is 5.65. The van der Waals surface area contributed by atoms with E-state index in [2.05, 4.69) is 50.0 Å². The van der Waals surface area contributed by atoms with Crippen LogP contribution in [0.4, 0.5) is 0 Å². The molecule has 1 saturated heterocycles. The maximum absolute atomic E-state index is 5.83. The number of hydrogen-bond acceptors (Lipinski definition) is 3. The lowest BCUT2D eigenvalue weighted by molar-refractivity contribution is 0.229. The van der Waals surface area contributed by atoms with Gasteiger partial charge in [-0.05, 0) is 23.0 Å². The zero-order chi connectivity index (χ0) is 15.4. The van der Waals surface area contributed by atoms with Crippen molar-refractivity contribution in [3.63, 3.8) is 0 Å². The lowest BCUT2D eigenvalue weighted by atomic mass is 9.90. The Hall–Kier alpha value is -1.06. The van der Waals surface area contributed by atoms with Gasteiger partial charge in [0.05, 0.1) is 7.11 Å². The molecule has 1 aromatic rings. The highest BCUT2D eigenvalue weighted by Crippen LogP contribution is 2.36. The summed E-state index contributed by atoms with van der Waals surface area (Å²) in [4.78, 5) is 2.53. The van der Waals surface area contributed by atoms with Crippen molar-refractivity contribution in [2.24, 2.45) is 0 Å². The number of hydrogen-bond donors (Lipinski definition) is 1. The zero-order valence-electron chi connectivity index (χ0n) is 14.2. The molecule has 1 N–H and O–H groups in total. The fraction of sp³-hybridized carbons (Fsp3) is 0.667. The molecule has 0 aromatic heterocycles. The first-order valence-corrected chi connectivity index (χ1v) is 8.17. The molecule has 21 heavy (non-hydrogen) atoms.